The summed E-state index contributed by atoms with van der Waals surface area (Å²) in [6.45, 7) is 0.404. The van der Waals surface area contributed by atoms with Gasteiger partial charge in [0.25, 0.3) is 5.91 Å². The Balaban J connectivity index is 1.74. The number of rotatable bonds is 9. The predicted octanol–water partition coefficient (Wildman–Crippen LogP) is 4.48. The fourth-order valence-electron chi connectivity index (χ4n) is 2.91. The van der Waals surface area contributed by atoms with E-state index in [1.54, 1.807) is 36.0 Å². The van der Waals surface area contributed by atoms with Crippen LogP contribution < -0.4 is 14.8 Å². The quantitative estimate of drug-likeness (QED) is 0.432. The van der Waals surface area contributed by atoms with Gasteiger partial charge >= 0.3 is 0 Å². The second kappa shape index (κ2) is 10.9. The summed E-state index contributed by atoms with van der Waals surface area (Å²) in [4.78, 5) is 13.7. The summed E-state index contributed by atoms with van der Waals surface area (Å²) in [7, 11) is -2.55. The minimum atomic E-state index is -3.93. The highest BCUT2D eigenvalue weighted by Gasteiger charge is 2.21. The van der Waals surface area contributed by atoms with Crippen molar-refractivity contribution in [2.24, 2.45) is 0 Å². The van der Waals surface area contributed by atoms with Crippen LogP contribution in [0.5, 0.6) is 5.75 Å². The Morgan fingerprint density at radius 2 is 1.59 bits per heavy atom. The maximum atomic E-state index is 12.9. The summed E-state index contributed by atoms with van der Waals surface area (Å²) in [5, 5.41) is 3.38. The third kappa shape index (κ3) is 6.26. The number of thioether (sulfide) groups is 1. The Bertz CT molecular complexity index is 1180. The molecule has 0 unspecified atom stereocenters. The van der Waals surface area contributed by atoms with Crippen molar-refractivity contribution in [2.45, 2.75) is 22.9 Å². The lowest BCUT2D eigenvalue weighted by atomic mass is 10.2. The maximum absolute atomic E-state index is 12.9. The SMILES string of the molecule is COc1ccc(C(=O)NCc2ccc(SC)cc2)cc1S(=O)(=O)NCc1ccc(Cl)cc1. The first-order chi connectivity index (χ1) is 15.3. The van der Waals surface area contributed by atoms with E-state index in [1.807, 2.05) is 30.5 Å². The van der Waals surface area contributed by atoms with Crippen molar-refractivity contribution < 1.29 is 17.9 Å². The van der Waals surface area contributed by atoms with Gasteiger partial charge in [0.2, 0.25) is 10.0 Å². The summed E-state index contributed by atoms with van der Waals surface area (Å²) in [5.41, 5.74) is 1.92. The molecule has 0 aromatic heterocycles. The Kier molecular flexibility index (Phi) is 8.20. The Morgan fingerprint density at radius 1 is 0.969 bits per heavy atom. The van der Waals surface area contributed by atoms with E-state index in [0.717, 1.165) is 16.0 Å². The monoisotopic (exact) mass is 490 g/mol. The predicted molar refractivity (Wildman–Crippen MR) is 128 cm³/mol. The maximum Gasteiger partial charge on any atom is 0.251 e. The molecular formula is C23H23ClN2O4S2. The number of hydrogen-bond acceptors (Lipinski definition) is 5. The van der Waals surface area contributed by atoms with Crippen molar-refractivity contribution in [3.05, 3.63) is 88.4 Å². The summed E-state index contributed by atoms with van der Waals surface area (Å²) in [6, 6.07) is 19.0. The topological polar surface area (TPSA) is 84.5 Å². The van der Waals surface area contributed by atoms with Crippen LogP contribution in [0.2, 0.25) is 5.02 Å². The number of carbonyl (C=O) groups excluding carboxylic acids is 1. The second-order valence-corrected chi connectivity index (χ2v) is 9.90. The lowest BCUT2D eigenvalue weighted by Gasteiger charge is -2.13. The minimum absolute atomic E-state index is 0.0745. The van der Waals surface area contributed by atoms with Crippen LogP contribution >= 0.6 is 23.4 Å². The lowest BCUT2D eigenvalue weighted by Crippen LogP contribution is -2.26. The average molecular weight is 491 g/mol. The van der Waals surface area contributed by atoms with E-state index in [4.69, 9.17) is 16.3 Å². The van der Waals surface area contributed by atoms with E-state index in [-0.39, 0.29) is 28.7 Å². The molecule has 0 fully saturated rings. The highest BCUT2D eigenvalue weighted by Crippen LogP contribution is 2.25. The number of carbonyl (C=O) groups is 1. The Labute approximate surface area is 197 Å². The van der Waals surface area contributed by atoms with E-state index >= 15 is 0 Å². The van der Waals surface area contributed by atoms with Crippen molar-refractivity contribution in [3.63, 3.8) is 0 Å². The number of benzene rings is 3. The van der Waals surface area contributed by atoms with Gasteiger partial charge in [-0.15, -0.1) is 11.8 Å². The van der Waals surface area contributed by atoms with E-state index in [9.17, 15) is 13.2 Å². The van der Waals surface area contributed by atoms with E-state index in [0.29, 0.717) is 11.6 Å². The zero-order chi connectivity index (χ0) is 23.1. The van der Waals surface area contributed by atoms with Crippen LogP contribution in [0.4, 0.5) is 0 Å². The highest BCUT2D eigenvalue weighted by atomic mass is 35.5. The van der Waals surface area contributed by atoms with Gasteiger partial charge in [-0.1, -0.05) is 35.9 Å². The molecule has 0 aliphatic heterocycles. The molecular weight excluding hydrogens is 468 g/mol. The molecule has 168 valence electrons. The molecule has 3 aromatic rings. The van der Waals surface area contributed by atoms with Crippen LogP contribution in [0.15, 0.2) is 76.5 Å². The van der Waals surface area contributed by atoms with Crippen molar-refractivity contribution in [1.29, 1.82) is 0 Å². The van der Waals surface area contributed by atoms with Crippen molar-refractivity contribution >= 4 is 39.3 Å². The molecule has 0 aliphatic carbocycles. The van der Waals surface area contributed by atoms with Crippen molar-refractivity contribution in [1.82, 2.24) is 10.0 Å². The molecule has 0 aliphatic rings. The number of methoxy groups -OCH3 is 1. The van der Waals surface area contributed by atoms with Gasteiger partial charge in [0, 0.05) is 28.6 Å². The molecule has 3 aromatic carbocycles. The van der Waals surface area contributed by atoms with Crippen LogP contribution in [0, 0.1) is 0 Å². The molecule has 0 radical (unpaired) electrons. The molecule has 0 spiro atoms. The van der Waals surface area contributed by atoms with Gasteiger partial charge in [-0.2, -0.15) is 0 Å². The first-order valence-electron chi connectivity index (χ1n) is 9.65. The zero-order valence-corrected chi connectivity index (χ0v) is 20.0. The minimum Gasteiger partial charge on any atom is -0.495 e. The van der Waals surface area contributed by atoms with Gasteiger partial charge in [-0.3, -0.25) is 4.79 Å². The van der Waals surface area contributed by atoms with Gasteiger partial charge in [0.15, 0.2) is 0 Å². The molecule has 0 atom stereocenters. The van der Waals surface area contributed by atoms with Gasteiger partial charge < -0.3 is 10.1 Å². The molecule has 0 saturated heterocycles. The van der Waals surface area contributed by atoms with Gasteiger partial charge in [0.05, 0.1) is 7.11 Å². The van der Waals surface area contributed by atoms with Crippen LogP contribution in [0.3, 0.4) is 0 Å². The summed E-state index contributed by atoms with van der Waals surface area (Å²) < 4.78 is 33.6. The normalized spacial score (nSPS) is 11.2. The molecule has 0 saturated carbocycles. The summed E-state index contributed by atoms with van der Waals surface area (Å²) in [5.74, 6) is -0.228. The number of amides is 1. The third-order valence-electron chi connectivity index (χ3n) is 4.71. The van der Waals surface area contributed by atoms with Gasteiger partial charge in [-0.25, -0.2) is 13.1 Å². The van der Waals surface area contributed by atoms with Gasteiger partial charge in [0.1, 0.15) is 10.6 Å². The summed E-state index contributed by atoms with van der Waals surface area (Å²) >= 11 is 7.51. The van der Waals surface area contributed by atoms with Gasteiger partial charge in [-0.05, 0) is 59.8 Å². The number of ether oxygens (including phenoxy) is 1. The molecule has 2 N–H and O–H groups in total. The van der Waals surface area contributed by atoms with E-state index in [1.165, 1.54) is 25.3 Å². The zero-order valence-electron chi connectivity index (χ0n) is 17.6. The third-order valence-corrected chi connectivity index (χ3v) is 7.13. The molecule has 6 nitrogen and oxygen atoms in total. The molecule has 32 heavy (non-hydrogen) atoms. The van der Waals surface area contributed by atoms with E-state index in [2.05, 4.69) is 10.0 Å². The average Bonchev–Trinajstić information content (AvgIpc) is 2.82. The molecule has 0 bridgehead atoms. The van der Waals surface area contributed by atoms with Crippen LogP contribution in [0.25, 0.3) is 0 Å². The summed E-state index contributed by atoms with van der Waals surface area (Å²) in [6.07, 6.45) is 2.00. The second-order valence-electron chi connectivity index (χ2n) is 6.85. The number of nitrogens with one attached hydrogen (secondary N) is 2. The van der Waals surface area contributed by atoms with Crippen LogP contribution in [-0.4, -0.2) is 27.7 Å². The number of hydrogen-bond donors (Lipinski definition) is 2. The smallest absolute Gasteiger partial charge is 0.251 e. The lowest BCUT2D eigenvalue weighted by molar-refractivity contribution is 0.0950. The fraction of sp³-hybridized carbons (Fsp3) is 0.174. The standard InChI is InChI=1S/C23H23ClN2O4S2/c1-30-21-12-7-18(23(27)25-14-16-5-10-20(31-2)11-6-16)13-22(21)32(28,29)26-15-17-3-8-19(24)9-4-17/h3-13,26H,14-15H2,1-2H3,(H,25,27). The first kappa shape index (κ1) is 24.1. The van der Waals surface area contributed by atoms with E-state index < -0.39 is 10.0 Å². The Hall–Kier alpha value is -2.52. The van der Waals surface area contributed by atoms with Crippen molar-refractivity contribution in [2.75, 3.05) is 13.4 Å². The molecule has 1 amide bonds. The molecule has 0 heterocycles. The van der Waals surface area contributed by atoms with Crippen LogP contribution in [0.1, 0.15) is 21.5 Å². The first-order valence-corrected chi connectivity index (χ1v) is 12.7. The van der Waals surface area contributed by atoms with Crippen molar-refractivity contribution in [3.8, 4) is 5.75 Å². The Morgan fingerprint density at radius 3 is 2.22 bits per heavy atom. The number of halogens is 1. The van der Waals surface area contributed by atoms with Crippen LogP contribution in [-0.2, 0) is 23.1 Å². The largest absolute Gasteiger partial charge is 0.495 e. The molecule has 3 rings (SSSR count). The molecule has 9 heteroatoms. The fourth-order valence-corrected chi connectivity index (χ4v) is 4.66. The highest BCUT2D eigenvalue weighted by molar-refractivity contribution is 7.98. The number of sulfonamides is 1.